The summed E-state index contributed by atoms with van der Waals surface area (Å²) in [5.41, 5.74) is 1.18. The number of aliphatic imine (C=N–C) groups is 1. The molecule has 230 valence electrons. The van der Waals surface area contributed by atoms with Crippen molar-refractivity contribution in [1.82, 2.24) is 30.9 Å². The van der Waals surface area contributed by atoms with Gasteiger partial charge in [0.05, 0.1) is 23.2 Å². The minimum Gasteiger partial charge on any atom is -0.478 e. The fourth-order valence-electron chi connectivity index (χ4n) is 5.38. The van der Waals surface area contributed by atoms with Crippen molar-refractivity contribution >= 4 is 38.8 Å². The van der Waals surface area contributed by atoms with Gasteiger partial charge >= 0.3 is 5.97 Å². The highest BCUT2D eigenvalue weighted by molar-refractivity contribution is 7.89. The molecule has 0 aliphatic carbocycles. The fourth-order valence-corrected chi connectivity index (χ4v) is 7.15. The van der Waals surface area contributed by atoms with Crippen molar-refractivity contribution < 1.29 is 23.1 Å². The molecule has 1 unspecified atom stereocenters. The van der Waals surface area contributed by atoms with Crippen LogP contribution in [0.2, 0.25) is 0 Å². The molecule has 44 heavy (non-hydrogen) atoms. The summed E-state index contributed by atoms with van der Waals surface area (Å²) in [6.45, 7) is 5.24. The number of aliphatic carboxylic acids is 1. The summed E-state index contributed by atoms with van der Waals surface area (Å²) in [7, 11) is -4.44. The van der Waals surface area contributed by atoms with E-state index in [0.29, 0.717) is 47.5 Å². The number of nitrogens with zero attached hydrogens (tertiary/aromatic N) is 2. The van der Waals surface area contributed by atoms with Crippen LogP contribution >= 0.6 is 0 Å². The van der Waals surface area contributed by atoms with Crippen LogP contribution in [0.15, 0.2) is 76.7 Å². The zero-order valence-corrected chi connectivity index (χ0v) is 25.3. The molecule has 0 bridgehead atoms. The maximum Gasteiger partial charge on any atom is 0.345 e. The first-order valence-corrected chi connectivity index (χ1v) is 15.8. The van der Waals surface area contributed by atoms with Gasteiger partial charge in [0.1, 0.15) is 0 Å². The second-order valence-electron chi connectivity index (χ2n) is 10.8. The van der Waals surface area contributed by atoms with Gasteiger partial charge in [0, 0.05) is 24.0 Å². The standard InChI is InChI=1S/C31H35N7O5S/c1-20-16-24(22-8-4-3-5-9-22)17-21(2)27(20)44(42,43)38-31(29(40)41,12-6-7-13-32-30-33-14-15-34-30)36-28(39)23-10-11-26-25(18-23)19-35-37-26/h3-5,8-11,16-19,38H,6-7,12-15H2,1-2H3,(H,35,37)(H,36,39)(H,40,41)(H2,32,33,34). The van der Waals surface area contributed by atoms with Crippen molar-refractivity contribution in [2.45, 2.75) is 43.7 Å². The third-order valence-electron chi connectivity index (χ3n) is 7.48. The number of nitrogens with one attached hydrogen (secondary N) is 5. The third-order valence-corrected chi connectivity index (χ3v) is 9.28. The number of aromatic nitrogens is 2. The molecule has 0 fully saturated rings. The molecule has 4 aromatic rings. The maximum atomic E-state index is 14.0. The molecule has 1 aromatic heterocycles. The highest BCUT2D eigenvalue weighted by Gasteiger charge is 2.44. The van der Waals surface area contributed by atoms with E-state index in [1.54, 1.807) is 44.3 Å². The smallest absolute Gasteiger partial charge is 0.345 e. The van der Waals surface area contributed by atoms with Crippen LogP contribution in [0.25, 0.3) is 22.0 Å². The molecule has 1 aliphatic rings. The topological polar surface area (TPSA) is 178 Å². The number of guanidine groups is 1. The van der Waals surface area contributed by atoms with Crippen LogP contribution in [0.4, 0.5) is 0 Å². The Bertz CT molecular complexity index is 1800. The average Bonchev–Trinajstić information content (AvgIpc) is 3.68. The number of sulfonamides is 1. The van der Waals surface area contributed by atoms with Crippen molar-refractivity contribution in [3.8, 4) is 11.1 Å². The van der Waals surface area contributed by atoms with Gasteiger partial charge in [-0.3, -0.25) is 14.9 Å². The van der Waals surface area contributed by atoms with Gasteiger partial charge in [0.2, 0.25) is 15.7 Å². The van der Waals surface area contributed by atoms with E-state index in [4.69, 9.17) is 0 Å². The Balaban J connectivity index is 1.44. The zero-order valence-electron chi connectivity index (χ0n) is 24.5. The number of H-pyrrole nitrogens is 1. The van der Waals surface area contributed by atoms with E-state index in [0.717, 1.165) is 17.7 Å². The van der Waals surface area contributed by atoms with E-state index in [-0.39, 0.29) is 23.3 Å². The van der Waals surface area contributed by atoms with Crippen molar-refractivity contribution in [2.24, 2.45) is 4.99 Å². The van der Waals surface area contributed by atoms with Crippen LogP contribution in [-0.2, 0) is 14.8 Å². The molecule has 3 aromatic carbocycles. The van der Waals surface area contributed by atoms with Crippen LogP contribution in [0.1, 0.15) is 40.7 Å². The Hall–Kier alpha value is -4.75. The summed E-state index contributed by atoms with van der Waals surface area (Å²) in [6, 6.07) is 17.8. The number of aryl methyl sites for hydroxylation is 2. The molecule has 1 aliphatic heterocycles. The molecular weight excluding hydrogens is 582 g/mol. The Morgan fingerprint density at radius 1 is 1.00 bits per heavy atom. The molecule has 6 N–H and O–H groups in total. The number of carbonyl (C=O) groups excluding carboxylic acids is 1. The maximum absolute atomic E-state index is 14.0. The van der Waals surface area contributed by atoms with Gasteiger partial charge in [-0.2, -0.15) is 9.82 Å². The van der Waals surface area contributed by atoms with Crippen molar-refractivity contribution in [2.75, 3.05) is 19.6 Å². The van der Waals surface area contributed by atoms with Gasteiger partial charge in [0.25, 0.3) is 5.91 Å². The summed E-state index contributed by atoms with van der Waals surface area (Å²) >= 11 is 0. The number of aromatic amines is 1. The summed E-state index contributed by atoms with van der Waals surface area (Å²) in [5.74, 6) is -1.60. The Kier molecular flexibility index (Phi) is 8.97. The summed E-state index contributed by atoms with van der Waals surface area (Å²) < 4.78 is 30.4. The number of carboxylic acids is 1. The highest BCUT2D eigenvalue weighted by Crippen LogP contribution is 2.29. The lowest BCUT2D eigenvalue weighted by molar-refractivity contribution is -0.145. The van der Waals surface area contributed by atoms with Crippen molar-refractivity contribution in [3.63, 3.8) is 0 Å². The molecule has 2 heterocycles. The van der Waals surface area contributed by atoms with E-state index in [2.05, 4.69) is 35.9 Å². The van der Waals surface area contributed by atoms with E-state index in [1.807, 2.05) is 30.3 Å². The molecule has 0 spiro atoms. The largest absolute Gasteiger partial charge is 0.478 e. The quantitative estimate of drug-likeness (QED) is 0.104. The SMILES string of the molecule is Cc1cc(-c2ccccc2)cc(C)c1S(=O)(=O)NC(CCCCNC1=NCCN1)(NC(=O)c1ccc2[nH]ncc2c1)C(=O)O. The van der Waals surface area contributed by atoms with Gasteiger partial charge in [-0.25, -0.2) is 13.2 Å². The number of hydrogen-bond acceptors (Lipinski definition) is 8. The molecule has 0 radical (unpaired) electrons. The van der Waals surface area contributed by atoms with Crippen LogP contribution in [0.5, 0.6) is 0 Å². The van der Waals surface area contributed by atoms with E-state index < -0.39 is 27.6 Å². The molecule has 1 atom stereocenters. The van der Waals surface area contributed by atoms with Crippen molar-refractivity contribution in [3.05, 3.63) is 83.6 Å². The zero-order chi connectivity index (χ0) is 31.3. The van der Waals surface area contributed by atoms with Crippen LogP contribution in [-0.4, -0.2) is 66.9 Å². The van der Waals surface area contributed by atoms with Crippen LogP contribution in [0, 0.1) is 13.8 Å². The van der Waals surface area contributed by atoms with E-state index in [9.17, 15) is 23.1 Å². The summed E-state index contributed by atoms with van der Waals surface area (Å²) in [4.78, 5) is 30.7. The van der Waals surface area contributed by atoms with Gasteiger partial charge in [-0.1, -0.05) is 42.5 Å². The molecule has 0 saturated heterocycles. The normalized spacial score (nSPS) is 14.5. The fraction of sp³-hybridized carbons (Fsp3) is 0.290. The van der Waals surface area contributed by atoms with Crippen LogP contribution in [0.3, 0.4) is 0 Å². The van der Waals surface area contributed by atoms with Crippen molar-refractivity contribution in [1.29, 1.82) is 0 Å². The van der Waals surface area contributed by atoms with Gasteiger partial charge in [-0.15, -0.1) is 0 Å². The van der Waals surface area contributed by atoms with Crippen LogP contribution < -0.4 is 20.7 Å². The molecule has 13 heteroatoms. The Labute approximate surface area is 255 Å². The summed E-state index contributed by atoms with van der Waals surface area (Å²) in [5, 5.41) is 26.7. The Morgan fingerprint density at radius 3 is 2.43 bits per heavy atom. The average molecular weight is 618 g/mol. The number of benzene rings is 3. The van der Waals surface area contributed by atoms with E-state index >= 15 is 0 Å². The van der Waals surface area contributed by atoms with Gasteiger partial charge < -0.3 is 21.1 Å². The lowest BCUT2D eigenvalue weighted by Crippen LogP contribution is -2.65. The van der Waals surface area contributed by atoms with E-state index in [1.165, 1.54) is 6.07 Å². The number of amides is 1. The lowest BCUT2D eigenvalue weighted by Gasteiger charge is -2.32. The number of carboxylic acid groups (broad SMARTS) is 1. The Morgan fingerprint density at radius 2 is 1.75 bits per heavy atom. The minimum absolute atomic E-state index is 0.0381. The molecular formula is C31H35N7O5S. The lowest BCUT2D eigenvalue weighted by atomic mass is 10.0. The minimum atomic E-state index is -4.44. The number of carbonyl (C=O) groups is 2. The number of rotatable bonds is 12. The molecule has 1 amide bonds. The molecule has 0 saturated carbocycles. The monoisotopic (exact) mass is 617 g/mol. The third kappa shape index (κ3) is 6.74. The molecule has 12 nitrogen and oxygen atoms in total. The highest BCUT2D eigenvalue weighted by atomic mass is 32.2. The first-order valence-electron chi connectivity index (χ1n) is 14.3. The predicted octanol–water partition coefficient (Wildman–Crippen LogP) is 3.06. The second-order valence-corrected chi connectivity index (χ2v) is 12.4. The first kappa shape index (κ1) is 30.7. The van der Waals surface area contributed by atoms with Gasteiger partial charge in [0.15, 0.2) is 5.96 Å². The number of unbranched alkanes of at least 4 members (excludes halogenated alkanes) is 1. The predicted molar refractivity (Wildman–Crippen MR) is 168 cm³/mol. The molecule has 5 rings (SSSR count). The number of hydrogen-bond donors (Lipinski definition) is 6. The second kappa shape index (κ2) is 12.9. The number of fused-ring (bicyclic) bond motifs is 1. The summed E-state index contributed by atoms with van der Waals surface area (Å²) in [6.07, 6.45) is 2.11. The van der Waals surface area contributed by atoms with Gasteiger partial charge in [-0.05, 0) is 73.6 Å². The first-order chi connectivity index (χ1) is 21.1.